The van der Waals surface area contributed by atoms with Gasteiger partial charge >= 0.3 is 12.1 Å². The number of oxazole rings is 1. The van der Waals surface area contributed by atoms with Gasteiger partial charge in [0.1, 0.15) is 17.9 Å². The van der Waals surface area contributed by atoms with Crippen LogP contribution in [0.3, 0.4) is 0 Å². The van der Waals surface area contributed by atoms with E-state index in [1.807, 2.05) is 0 Å². The number of aromatic nitrogens is 1. The SMILES string of the molecule is COC(=O)C(C)NC(=O)c1coc(CNC(=O)OC(C)(C)C)n1. The maximum absolute atomic E-state index is 11.9. The monoisotopic (exact) mass is 327 g/mol. The summed E-state index contributed by atoms with van der Waals surface area (Å²) in [5.41, 5.74) is -0.628. The molecule has 1 heterocycles. The van der Waals surface area contributed by atoms with Crippen LogP contribution in [0.25, 0.3) is 0 Å². The molecule has 0 aliphatic carbocycles. The minimum atomic E-state index is -0.812. The third-order valence-electron chi connectivity index (χ3n) is 2.47. The summed E-state index contributed by atoms with van der Waals surface area (Å²) in [6.07, 6.45) is 0.506. The molecule has 0 bridgehead atoms. The van der Waals surface area contributed by atoms with Crippen molar-refractivity contribution in [2.45, 2.75) is 45.9 Å². The van der Waals surface area contributed by atoms with E-state index in [2.05, 4.69) is 20.4 Å². The molecule has 9 heteroatoms. The number of nitrogens with zero attached hydrogens (tertiary/aromatic N) is 1. The highest BCUT2D eigenvalue weighted by Crippen LogP contribution is 2.07. The van der Waals surface area contributed by atoms with Crippen LogP contribution in [-0.4, -0.2) is 41.7 Å². The van der Waals surface area contributed by atoms with Crippen molar-refractivity contribution in [1.82, 2.24) is 15.6 Å². The van der Waals surface area contributed by atoms with E-state index in [9.17, 15) is 14.4 Å². The molecular weight excluding hydrogens is 306 g/mol. The second-order valence-corrected chi connectivity index (χ2v) is 5.70. The van der Waals surface area contributed by atoms with Crippen molar-refractivity contribution in [1.29, 1.82) is 0 Å². The van der Waals surface area contributed by atoms with Gasteiger partial charge in [-0.3, -0.25) is 4.79 Å². The normalized spacial score (nSPS) is 12.2. The van der Waals surface area contributed by atoms with Crippen molar-refractivity contribution in [2.75, 3.05) is 7.11 Å². The van der Waals surface area contributed by atoms with E-state index in [1.165, 1.54) is 14.0 Å². The molecule has 128 valence electrons. The van der Waals surface area contributed by atoms with Crippen molar-refractivity contribution >= 4 is 18.0 Å². The molecule has 1 aromatic rings. The van der Waals surface area contributed by atoms with Gasteiger partial charge in [-0.1, -0.05) is 0 Å². The molecule has 0 aromatic carbocycles. The fourth-order valence-electron chi connectivity index (χ4n) is 1.46. The molecule has 0 saturated heterocycles. The molecular formula is C14H21N3O6. The molecule has 0 fully saturated rings. The van der Waals surface area contributed by atoms with Crippen LogP contribution in [0.4, 0.5) is 4.79 Å². The fourth-order valence-corrected chi connectivity index (χ4v) is 1.46. The predicted octanol–water partition coefficient (Wildman–Crippen LogP) is 0.991. The number of rotatable bonds is 5. The number of hydrogen-bond donors (Lipinski definition) is 2. The van der Waals surface area contributed by atoms with Gasteiger partial charge in [-0.25, -0.2) is 14.6 Å². The number of methoxy groups -OCH3 is 1. The largest absolute Gasteiger partial charge is 0.467 e. The highest BCUT2D eigenvalue weighted by Gasteiger charge is 2.20. The van der Waals surface area contributed by atoms with E-state index in [1.54, 1.807) is 20.8 Å². The van der Waals surface area contributed by atoms with Crippen molar-refractivity contribution in [3.8, 4) is 0 Å². The average molecular weight is 327 g/mol. The summed E-state index contributed by atoms with van der Waals surface area (Å²) in [4.78, 5) is 38.5. The van der Waals surface area contributed by atoms with Gasteiger partial charge in [-0.05, 0) is 27.7 Å². The Kier molecular flexibility index (Phi) is 6.11. The van der Waals surface area contributed by atoms with Crippen LogP contribution in [0.15, 0.2) is 10.7 Å². The summed E-state index contributed by atoms with van der Waals surface area (Å²) in [6.45, 7) is 6.66. The predicted molar refractivity (Wildman–Crippen MR) is 78.5 cm³/mol. The number of carbonyl (C=O) groups excluding carboxylic acids is 3. The van der Waals surface area contributed by atoms with Gasteiger partial charge in [0, 0.05) is 0 Å². The number of ether oxygens (including phenoxy) is 2. The summed E-state index contributed by atoms with van der Waals surface area (Å²) in [6, 6.07) is -0.812. The molecule has 1 rings (SSSR count). The molecule has 0 spiro atoms. The number of nitrogens with one attached hydrogen (secondary N) is 2. The quantitative estimate of drug-likeness (QED) is 0.774. The van der Waals surface area contributed by atoms with Gasteiger partial charge in [0.15, 0.2) is 5.69 Å². The highest BCUT2D eigenvalue weighted by molar-refractivity contribution is 5.94. The smallest absolute Gasteiger partial charge is 0.408 e. The summed E-state index contributed by atoms with van der Waals surface area (Å²) in [7, 11) is 1.22. The molecule has 23 heavy (non-hydrogen) atoms. The Balaban J connectivity index is 2.53. The summed E-state index contributed by atoms with van der Waals surface area (Å²) in [5.74, 6) is -1.03. The molecule has 1 atom stereocenters. The van der Waals surface area contributed by atoms with Gasteiger partial charge in [0.05, 0.1) is 13.7 Å². The lowest BCUT2D eigenvalue weighted by Crippen LogP contribution is -2.39. The third kappa shape index (κ3) is 6.37. The number of alkyl carbamates (subject to hydrolysis) is 1. The Hall–Kier alpha value is -2.58. The first-order valence-corrected chi connectivity index (χ1v) is 6.92. The molecule has 0 aliphatic rings. The standard InChI is InChI=1S/C14H21N3O6/c1-8(12(19)21-5)16-11(18)9-7-22-10(17-9)6-15-13(20)23-14(2,3)4/h7-8H,6H2,1-5H3,(H,15,20)(H,16,18). The molecule has 0 saturated carbocycles. The number of carbonyl (C=O) groups is 3. The van der Waals surface area contributed by atoms with E-state index in [4.69, 9.17) is 9.15 Å². The summed E-state index contributed by atoms with van der Waals surface area (Å²) >= 11 is 0. The van der Waals surface area contributed by atoms with Gasteiger partial charge < -0.3 is 24.5 Å². The Morgan fingerprint density at radius 3 is 2.57 bits per heavy atom. The van der Waals surface area contributed by atoms with Crippen LogP contribution >= 0.6 is 0 Å². The van der Waals surface area contributed by atoms with Crippen molar-refractivity contribution in [2.24, 2.45) is 0 Å². The molecule has 2 N–H and O–H groups in total. The zero-order chi connectivity index (χ0) is 17.6. The Bertz CT molecular complexity index is 575. The van der Waals surface area contributed by atoms with Gasteiger partial charge in [0.2, 0.25) is 5.89 Å². The van der Waals surface area contributed by atoms with Gasteiger partial charge in [-0.2, -0.15) is 0 Å². The van der Waals surface area contributed by atoms with E-state index in [0.717, 1.165) is 6.26 Å². The highest BCUT2D eigenvalue weighted by atomic mass is 16.6. The number of amides is 2. The Labute approximate surface area is 133 Å². The van der Waals surface area contributed by atoms with Crippen LogP contribution in [0, 0.1) is 0 Å². The minimum absolute atomic E-state index is 0.0123. The first kappa shape index (κ1) is 18.5. The van der Waals surface area contributed by atoms with Crippen molar-refractivity contribution in [3.63, 3.8) is 0 Å². The van der Waals surface area contributed by atoms with Crippen LogP contribution in [0.5, 0.6) is 0 Å². The van der Waals surface area contributed by atoms with Gasteiger partial charge in [-0.15, -0.1) is 0 Å². The van der Waals surface area contributed by atoms with Crippen LogP contribution in [0.1, 0.15) is 44.1 Å². The number of hydrogen-bond acceptors (Lipinski definition) is 7. The maximum atomic E-state index is 11.9. The molecule has 2 amide bonds. The molecule has 1 unspecified atom stereocenters. The molecule has 1 aromatic heterocycles. The van der Waals surface area contributed by atoms with Gasteiger partial charge in [0.25, 0.3) is 5.91 Å². The minimum Gasteiger partial charge on any atom is -0.467 e. The Morgan fingerprint density at radius 2 is 2.00 bits per heavy atom. The second kappa shape index (κ2) is 7.61. The molecule has 0 radical (unpaired) electrons. The molecule has 0 aliphatic heterocycles. The lowest BCUT2D eigenvalue weighted by atomic mass is 10.2. The van der Waals surface area contributed by atoms with Crippen LogP contribution in [0.2, 0.25) is 0 Å². The first-order chi connectivity index (χ1) is 10.6. The maximum Gasteiger partial charge on any atom is 0.408 e. The average Bonchev–Trinajstić information content (AvgIpc) is 2.91. The lowest BCUT2D eigenvalue weighted by molar-refractivity contribution is -0.142. The van der Waals surface area contributed by atoms with E-state index >= 15 is 0 Å². The fraction of sp³-hybridized carbons (Fsp3) is 0.571. The third-order valence-corrected chi connectivity index (χ3v) is 2.47. The molecule has 9 nitrogen and oxygen atoms in total. The van der Waals surface area contributed by atoms with Crippen molar-refractivity contribution in [3.05, 3.63) is 17.8 Å². The van der Waals surface area contributed by atoms with E-state index in [-0.39, 0.29) is 18.1 Å². The summed E-state index contributed by atoms with van der Waals surface area (Å²) in [5, 5.41) is 4.86. The van der Waals surface area contributed by atoms with Crippen LogP contribution < -0.4 is 10.6 Å². The summed E-state index contributed by atoms with van der Waals surface area (Å²) < 4.78 is 14.6. The Morgan fingerprint density at radius 1 is 1.35 bits per heavy atom. The number of esters is 1. The zero-order valence-electron chi connectivity index (χ0n) is 13.8. The van der Waals surface area contributed by atoms with E-state index < -0.39 is 29.6 Å². The van der Waals surface area contributed by atoms with Crippen LogP contribution in [-0.2, 0) is 20.8 Å². The lowest BCUT2D eigenvalue weighted by Gasteiger charge is -2.19. The van der Waals surface area contributed by atoms with Crippen molar-refractivity contribution < 1.29 is 28.3 Å². The first-order valence-electron chi connectivity index (χ1n) is 6.92. The second-order valence-electron chi connectivity index (χ2n) is 5.70. The zero-order valence-corrected chi connectivity index (χ0v) is 13.8. The topological polar surface area (TPSA) is 120 Å². The van der Waals surface area contributed by atoms with E-state index in [0.29, 0.717) is 0 Å².